The molecule has 0 heterocycles. The lowest BCUT2D eigenvalue weighted by Gasteiger charge is -2.24. The van der Waals surface area contributed by atoms with E-state index in [9.17, 15) is 8.42 Å². The number of hydrogen-bond donors (Lipinski definition) is 2. The van der Waals surface area contributed by atoms with Crippen molar-refractivity contribution in [3.05, 3.63) is 24.3 Å². The highest BCUT2D eigenvalue weighted by atomic mass is 32.2. The maximum Gasteiger partial charge on any atom is 0.240 e. The zero-order valence-corrected chi connectivity index (χ0v) is 13.4. The smallest absolute Gasteiger partial charge is 0.240 e. The molecule has 1 aromatic carbocycles. The van der Waals surface area contributed by atoms with Gasteiger partial charge in [-0.3, -0.25) is 0 Å². The number of rotatable bonds is 9. The van der Waals surface area contributed by atoms with Crippen LogP contribution in [-0.4, -0.2) is 34.1 Å². The number of anilines is 1. The molecule has 0 atom stereocenters. The number of nitrogens with two attached hydrogens (primary N) is 1. The molecule has 1 fully saturated rings. The molecule has 0 aliphatic heterocycles. The standard InChI is InChI=1S/C15H25N3O2S/c1-2-11-17-21(19,20)15-8-6-14(7-9-15)18(12-3-10-16)13-4-5-13/h6-9,13,17H,2-5,10-12,16H2,1H3. The Labute approximate surface area is 127 Å². The number of sulfonamides is 1. The maximum absolute atomic E-state index is 12.0. The molecule has 0 spiro atoms. The third-order valence-corrected chi connectivity index (χ3v) is 5.09. The predicted octanol–water partition coefficient (Wildman–Crippen LogP) is 1.69. The predicted molar refractivity (Wildman–Crippen MR) is 86.0 cm³/mol. The molecule has 2 rings (SSSR count). The van der Waals surface area contributed by atoms with E-state index in [0.717, 1.165) is 25.1 Å². The van der Waals surface area contributed by atoms with Crippen molar-refractivity contribution in [2.45, 2.75) is 43.5 Å². The highest BCUT2D eigenvalue weighted by molar-refractivity contribution is 7.89. The highest BCUT2D eigenvalue weighted by Crippen LogP contribution is 2.32. The average molecular weight is 311 g/mol. The number of nitrogens with zero attached hydrogens (tertiary/aromatic N) is 1. The van der Waals surface area contributed by atoms with Gasteiger partial charge in [0.15, 0.2) is 0 Å². The molecule has 6 heteroatoms. The van der Waals surface area contributed by atoms with Crippen LogP contribution in [0.4, 0.5) is 5.69 Å². The quantitative estimate of drug-likeness (QED) is 0.728. The summed E-state index contributed by atoms with van der Waals surface area (Å²) < 4.78 is 26.7. The molecule has 5 nitrogen and oxygen atoms in total. The molecule has 1 aromatic rings. The first-order valence-electron chi connectivity index (χ1n) is 7.65. The van der Waals surface area contributed by atoms with E-state index in [0.29, 0.717) is 24.0 Å². The van der Waals surface area contributed by atoms with Crippen molar-refractivity contribution in [1.82, 2.24) is 4.72 Å². The third kappa shape index (κ3) is 4.43. The summed E-state index contributed by atoms with van der Waals surface area (Å²) in [6.07, 6.45) is 4.16. The maximum atomic E-state index is 12.0. The van der Waals surface area contributed by atoms with Gasteiger partial charge in [-0.15, -0.1) is 0 Å². The Morgan fingerprint density at radius 2 is 1.95 bits per heavy atom. The second-order valence-corrected chi connectivity index (χ2v) is 7.23. The third-order valence-electron chi connectivity index (χ3n) is 3.61. The average Bonchev–Trinajstić information content (AvgIpc) is 3.31. The largest absolute Gasteiger partial charge is 0.368 e. The van der Waals surface area contributed by atoms with Gasteiger partial charge in [0.2, 0.25) is 10.0 Å². The van der Waals surface area contributed by atoms with Crippen molar-refractivity contribution >= 4 is 15.7 Å². The summed E-state index contributed by atoms with van der Waals surface area (Å²) in [6, 6.07) is 7.76. The number of benzene rings is 1. The van der Waals surface area contributed by atoms with Crippen LogP contribution in [0.5, 0.6) is 0 Å². The second kappa shape index (κ2) is 7.24. The summed E-state index contributed by atoms with van der Waals surface area (Å²) in [5.41, 5.74) is 6.67. The molecule has 0 radical (unpaired) electrons. The zero-order valence-electron chi connectivity index (χ0n) is 12.6. The molecule has 0 unspecified atom stereocenters. The first-order valence-corrected chi connectivity index (χ1v) is 9.13. The van der Waals surface area contributed by atoms with Crippen LogP contribution in [0.1, 0.15) is 32.6 Å². The Morgan fingerprint density at radius 3 is 2.48 bits per heavy atom. The lowest BCUT2D eigenvalue weighted by atomic mass is 10.2. The van der Waals surface area contributed by atoms with Crippen molar-refractivity contribution in [1.29, 1.82) is 0 Å². The van der Waals surface area contributed by atoms with Crippen LogP contribution in [0.3, 0.4) is 0 Å². The lowest BCUT2D eigenvalue weighted by molar-refractivity contribution is 0.581. The minimum atomic E-state index is -3.37. The number of nitrogens with one attached hydrogen (secondary N) is 1. The van der Waals surface area contributed by atoms with Crippen LogP contribution in [0.15, 0.2) is 29.2 Å². The molecule has 0 aromatic heterocycles. The molecule has 0 saturated heterocycles. The first-order chi connectivity index (χ1) is 10.1. The summed E-state index contributed by atoms with van der Waals surface area (Å²) in [4.78, 5) is 2.66. The van der Waals surface area contributed by atoms with Crippen LogP contribution < -0.4 is 15.4 Å². The molecular formula is C15H25N3O2S. The molecule has 0 amide bonds. The van der Waals surface area contributed by atoms with Gasteiger partial charge in [-0.25, -0.2) is 13.1 Å². The van der Waals surface area contributed by atoms with Crippen LogP contribution in [-0.2, 0) is 10.0 Å². The van der Waals surface area contributed by atoms with E-state index in [1.165, 1.54) is 12.8 Å². The van der Waals surface area contributed by atoms with Crippen molar-refractivity contribution in [2.75, 3.05) is 24.5 Å². The van der Waals surface area contributed by atoms with E-state index in [-0.39, 0.29) is 0 Å². The van der Waals surface area contributed by atoms with Gasteiger partial charge in [0, 0.05) is 24.8 Å². The summed E-state index contributed by atoms with van der Waals surface area (Å²) in [5, 5.41) is 0. The van der Waals surface area contributed by atoms with Gasteiger partial charge in [0.05, 0.1) is 4.90 Å². The Bertz CT molecular complexity index is 539. The van der Waals surface area contributed by atoms with E-state index in [4.69, 9.17) is 5.73 Å². The van der Waals surface area contributed by atoms with E-state index in [1.807, 2.05) is 19.1 Å². The fourth-order valence-corrected chi connectivity index (χ4v) is 3.44. The van der Waals surface area contributed by atoms with Gasteiger partial charge >= 0.3 is 0 Å². The minimum absolute atomic E-state index is 0.328. The Kier molecular flexibility index (Phi) is 5.61. The Balaban J connectivity index is 2.10. The summed E-state index contributed by atoms with van der Waals surface area (Å²) >= 11 is 0. The van der Waals surface area contributed by atoms with Crippen molar-refractivity contribution in [2.24, 2.45) is 5.73 Å². The van der Waals surface area contributed by atoms with E-state index in [1.54, 1.807) is 12.1 Å². The van der Waals surface area contributed by atoms with Gasteiger partial charge in [-0.05, 0) is 56.5 Å². The molecule has 1 aliphatic rings. The number of hydrogen-bond acceptors (Lipinski definition) is 4. The molecular weight excluding hydrogens is 286 g/mol. The van der Waals surface area contributed by atoms with Gasteiger partial charge in [0.1, 0.15) is 0 Å². The molecule has 3 N–H and O–H groups in total. The van der Waals surface area contributed by atoms with Gasteiger partial charge in [-0.1, -0.05) is 6.92 Å². The minimum Gasteiger partial charge on any atom is -0.368 e. The van der Waals surface area contributed by atoms with Crippen LogP contribution >= 0.6 is 0 Å². The SMILES string of the molecule is CCCNS(=O)(=O)c1ccc(N(CCCN)C2CC2)cc1. The summed E-state index contributed by atoms with van der Waals surface area (Å²) in [5.74, 6) is 0. The molecule has 1 saturated carbocycles. The normalized spacial score (nSPS) is 15.1. The molecule has 1 aliphatic carbocycles. The van der Waals surface area contributed by atoms with Gasteiger partial charge in [-0.2, -0.15) is 0 Å². The summed E-state index contributed by atoms with van der Waals surface area (Å²) in [6.45, 7) is 4.02. The van der Waals surface area contributed by atoms with Gasteiger partial charge < -0.3 is 10.6 Å². The van der Waals surface area contributed by atoms with Gasteiger partial charge in [0.25, 0.3) is 0 Å². The fourth-order valence-electron chi connectivity index (χ4n) is 2.31. The van der Waals surface area contributed by atoms with Crippen LogP contribution in [0, 0.1) is 0 Å². The van der Waals surface area contributed by atoms with E-state index < -0.39 is 10.0 Å². The highest BCUT2D eigenvalue weighted by Gasteiger charge is 2.28. The second-order valence-electron chi connectivity index (χ2n) is 5.46. The van der Waals surface area contributed by atoms with E-state index in [2.05, 4.69) is 9.62 Å². The molecule has 0 bridgehead atoms. The summed E-state index contributed by atoms with van der Waals surface area (Å²) in [7, 11) is -3.37. The molecule has 118 valence electrons. The first kappa shape index (κ1) is 16.3. The lowest BCUT2D eigenvalue weighted by Crippen LogP contribution is -2.28. The fraction of sp³-hybridized carbons (Fsp3) is 0.600. The van der Waals surface area contributed by atoms with Crippen molar-refractivity contribution in [3.8, 4) is 0 Å². The van der Waals surface area contributed by atoms with Crippen LogP contribution in [0.25, 0.3) is 0 Å². The van der Waals surface area contributed by atoms with Crippen molar-refractivity contribution < 1.29 is 8.42 Å². The zero-order chi connectivity index (χ0) is 15.3. The molecule has 21 heavy (non-hydrogen) atoms. The Hall–Kier alpha value is -1.11. The Morgan fingerprint density at radius 1 is 1.29 bits per heavy atom. The monoisotopic (exact) mass is 311 g/mol. The van der Waals surface area contributed by atoms with Crippen LogP contribution in [0.2, 0.25) is 0 Å². The van der Waals surface area contributed by atoms with E-state index >= 15 is 0 Å². The topological polar surface area (TPSA) is 75.4 Å². The van der Waals surface area contributed by atoms with Crippen molar-refractivity contribution in [3.63, 3.8) is 0 Å².